The topological polar surface area (TPSA) is 0 Å². The van der Waals surface area contributed by atoms with E-state index in [1.54, 1.807) is 0 Å². The van der Waals surface area contributed by atoms with Gasteiger partial charge in [-0.2, -0.15) is 0 Å². The molecule has 0 radical (unpaired) electrons. The molecule has 0 heterocycles. The van der Waals surface area contributed by atoms with Crippen LogP contribution in [0, 0.1) is 0 Å². The van der Waals surface area contributed by atoms with E-state index in [0.29, 0.717) is 0 Å². The van der Waals surface area contributed by atoms with E-state index in [0.717, 1.165) is 0 Å². The average Bonchev–Trinajstić information content (AvgIpc) is 2.50. The first-order valence-electron chi connectivity index (χ1n) is 8.04. The molecule has 0 fully saturated rings. The van der Waals surface area contributed by atoms with Crippen LogP contribution in [0.15, 0.2) is 54.6 Å². The first kappa shape index (κ1) is 14.1. The third kappa shape index (κ3) is 2.68. The lowest BCUT2D eigenvalue weighted by molar-refractivity contribution is 0.461. The summed E-state index contributed by atoms with van der Waals surface area (Å²) in [6.07, 6.45) is 3.80. The second-order valence-electron chi connectivity index (χ2n) is 6.71. The second kappa shape index (κ2) is 5.52. The molecule has 0 N–H and O–H groups in total. The third-order valence-corrected chi connectivity index (χ3v) is 4.63. The Bertz CT molecular complexity index is 765. The van der Waals surface area contributed by atoms with Crippen molar-refractivity contribution in [2.75, 3.05) is 0 Å². The Morgan fingerprint density at radius 1 is 0.810 bits per heavy atom. The standard InChI is InChI=1S/C21H24/c1-4-5-13-21(2,3)20-12-8-11-18-14-16-9-6-7-10-17(16)15-19(18)20/h6-12,14-15H,4-5,13H2,1-3H3. The fourth-order valence-corrected chi connectivity index (χ4v) is 3.31. The van der Waals surface area contributed by atoms with Crippen LogP contribution in [0.3, 0.4) is 0 Å². The summed E-state index contributed by atoms with van der Waals surface area (Å²) in [6, 6.07) is 20.1. The van der Waals surface area contributed by atoms with Crippen molar-refractivity contribution in [2.24, 2.45) is 0 Å². The van der Waals surface area contributed by atoms with Gasteiger partial charge in [-0.05, 0) is 51.1 Å². The van der Waals surface area contributed by atoms with Gasteiger partial charge in [-0.25, -0.2) is 0 Å². The molecule has 0 heteroatoms. The van der Waals surface area contributed by atoms with E-state index >= 15 is 0 Å². The Hall–Kier alpha value is -1.82. The van der Waals surface area contributed by atoms with Crippen LogP contribution in [0.2, 0.25) is 0 Å². The largest absolute Gasteiger partial charge is 0.0654 e. The Labute approximate surface area is 127 Å². The number of hydrogen-bond donors (Lipinski definition) is 0. The van der Waals surface area contributed by atoms with E-state index in [2.05, 4.69) is 75.4 Å². The van der Waals surface area contributed by atoms with E-state index in [1.165, 1.54) is 46.4 Å². The molecule has 0 amide bonds. The molecule has 0 aromatic heterocycles. The zero-order chi connectivity index (χ0) is 14.9. The van der Waals surface area contributed by atoms with Gasteiger partial charge >= 0.3 is 0 Å². The van der Waals surface area contributed by atoms with Crippen LogP contribution >= 0.6 is 0 Å². The first-order chi connectivity index (χ1) is 10.1. The molecule has 3 rings (SSSR count). The Morgan fingerprint density at radius 3 is 2.19 bits per heavy atom. The smallest absolute Gasteiger partial charge is 0.00974 e. The lowest BCUT2D eigenvalue weighted by Crippen LogP contribution is -2.17. The number of rotatable bonds is 4. The zero-order valence-corrected chi connectivity index (χ0v) is 13.3. The molecular formula is C21H24. The zero-order valence-electron chi connectivity index (χ0n) is 13.3. The highest BCUT2D eigenvalue weighted by Crippen LogP contribution is 2.35. The van der Waals surface area contributed by atoms with Gasteiger partial charge in [0, 0.05) is 0 Å². The van der Waals surface area contributed by atoms with Crippen molar-refractivity contribution in [2.45, 2.75) is 45.4 Å². The van der Waals surface area contributed by atoms with Crippen molar-refractivity contribution in [3.8, 4) is 0 Å². The fourth-order valence-electron chi connectivity index (χ4n) is 3.31. The van der Waals surface area contributed by atoms with Crippen molar-refractivity contribution in [1.29, 1.82) is 0 Å². The van der Waals surface area contributed by atoms with E-state index in [4.69, 9.17) is 0 Å². The quantitative estimate of drug-likeness (QED) is 0.480. The van der Waals surface area contributed by atoms with Gasteiger partial charge in [0.1, 0.15) is 0 Å². The summed E-state index contributed by atoms with van der Waals surface area (Å²) in [6.45, 7) is 7.03. The Morgan fingerprint density at radius 2 is 1.48 bits per heavy atom. The number of benzene rings is 3. The number of fused-ring (bicyclic) bond motifs is 2. The molecule has 0 aliphatic heterocycles. The summed E-state index contributed by atoms with van der Waals surface area (Å²) in [5.41, 5.74) is 1.72. The predicted molar refractivity (Wildman–Crippen MR) is 94.0 cm³/mol. The van der Waals surface area contributed by atoms with Crippen LogP contribution in [0.1, 0.15) is 45.6 Å². The minimum atomic E-state index is 0.234. The van der Waals surface area contributed by atoms with Crippen LogP contribution in [-0.2, 0) is 5.41 Å². The van der Waals surface area contributed by atoms with Gasteiger partial charge in [-0.3, -0.25) is 0 Å². The van der Waals surface area contributed by atoms with Crippen molar-refractivity contribution < 1.29 is 0 Å². The molecule has 0 spiro atoms. The van der Waals surface area contributed by atoms with Crippen molar-refractivity contribution in [3.63, 3.8) is 0 Å². The van der Waals surface area contributed by atoms with Gasteiger partial charge in [-0.1, -0.05) is 76.1 Å². The number of hydrogen-bond acceptors (Lipinski definition) is 0. The Balaban J connectivity index is 2.21. The molecule has 3 aromatic rings. The predicted octanol–water partition coefficient (Wildman–Crippen LogP) is 6.46. The SMILES string of the molecule is CCCCC(C)(C)c1cccc2cc3ccccc3cc12. The van der Waals surface area contributed by atoms with E-state index < -0.39 is 0 Å². The molecule has 0 saturated carbocycles. The summed E-state index contributed by atoms with van der Waals surface area (Å²) < 4.78 is 0. The highest BCUT2D eigenvalue weighted by molar-refractivity contribution is 5.99. The summed E-state index contributed by atoms with van der Waals surface area (Å²) in [7, 11) is 0. The van der Waals surface area contributed by atoms with Gasteiger partial charge in [0.25, 0.3) is 0 Å². The average molecular weight is 276 g/mol. The van der Waals surface area contributed by atoms with E-state index in [1.807, 2.05) is 0 Å². The van der Waals surface area contributed by atoms with Crippen LogP contribution in [0.25, 0.3) is 21.5 Å². The fraction of sp³-hybridized carbons (Fsp3) is 0.333. The molecule has 0 aliphatic rings. The summed E-state index contributed by atoms with van der Waals surface area (Å²) >= 11 is 0. The lowest BCUT2D eigenvalue weighted by atomic mass is 9.77. The molecule has 0 nitrogen and oxygen atoms in total. The van der Waals surface area contributed by atoms with Gasteiger partial charge < -0.3 is 0 Å². The van der Waals surface area contributed by atoms with Crippen LogP contribution in [0.4, 0.5) is 0 Å². The molecule has 21 heavy (non-hydrogen) atoms. The van der Waals surface area contributed by atoms with Crippen LogP contribution in [-0.4, -0.2) is 0 Å². The van der Waals surface area contributed by atoms with Crippen LogP contribution < -0.4 is 0 Å². The monoisotopic (exact) mass is 276 g/mol. The highest BCUT2D eigenvalue weighted by atomic mass is 14.3. The number of unbranched alkanes of at least 4 members (excludes halogenated alkanes) is 1. The van der Waals surface area contributed by atoms with E-state index in [9.17, 15) is 0 Å². The maximum atomic E-state index is 2.38. The summed E-state index contributed by atoms with van der Waals surface area (Å²) in [5, 5.41) is 5.44. The van der Waals surface area contributed by atoms with Gasteiger partial charge in [0.2, 0.25) is 0 Å². The van der Waals surface area contributed by atoms with Gasteiger partial charge in [0.05, 0.1) is 0 Å². The van der Waals surface area contributed by atoms with Crippen molar-refractivity contribution in [3.05, 3.63) is 60.2 Å². The molecule has 0 atom stereocenters. The molecule has 3 aromatic carbocycles. The minimum Gasteiger partial charge on any atom is -0.0654 e. The molecule has 0 saturated heterocycles. The molecule has 0 unspecified atom stereocenters. The van der Waals surface area contributed by atoms with Crippen molar-refractivity contribution >= 4 is 21.5 Å². The summed E-state index contributed by atoms with van der Waals surface area (Å²) in [4.78, 5) is 0. The first-order valence-corrected chi connectivity index (χ1v) is 8.04. The second-order valence-corrected chi connectivity index (χ2v) is 6.71. The van der Waals surface area contributed by atoms with E-state index in [-0.39, 0.29) is 5.41 Å². The molecule has 0 aliphatic carbocycles. The highest BCUT2D eigenvalue weighted by Gasteiger charge is 2.22. The molecular weight excluding hydrogens is 252 g/mol. The van der Waals surface area contributed by atoms with Crippen molar-refractivity contribution in [1.82, 2.24) is 0 Å². The third-order valence-electron chi connectivity index (χ3n) is 4.63. The normalized spacial score (nSPS) is 12.1. The van der Waals surface area contributed by atoms with Gasteiger partial charge in [0.15, 0.2) is 0 Å². The lowest BCUT2D eigenvalue weighted by Gasteiger charge is -2.27. The molecule has 0 bridgehead atoms. The minimum absolute atomic E-state index is 0.234. The maximum Gasteiger partial charge on any atom is -0.00974 e. The molecule has 108 valence electrons. The maximum absolute atomic E-state index is 2.38. The van der Waals surface area contributed by atoms with Gasteiger partial charge in [-0.15, -0.1) is 0 Å². The Kier molecular flexibility index (Phi) is 3.71. The van der Waals surface area contributed by atoms with Crippen LogP contribution in [0.5, 0.6) is 0 Å². The summed E-state index contributed by atoms with van der Waals surface area (Å²) in [5.74, 6) is 0.